The number of H-pyrrole nitrogens is 1. The number of nitrogens with one attached hydrogen (secondary N) is 2. The van der Waals surface area contributed by atoms with Gasteiger partial charge in [0, 0.05) is 42.2 Å². The zero-order chi connectivity index (χ0) is 17.2. The Morgan fingerprint density at radius 2 is 2.16 bits per heavy atom. The van der Waals surface area contributed by atoms with Crippen LogP contribution in [-0.2, 0) is 17.8 Å². The van der Waals surface area contributed by atoms with E-state index in [1.54, 1.807) is 12.4 Å². The lowest BCUT2D eigenvalue weighted by Gasteiger charge is -2.08. The van der Waals surface area contributed by atoms with Crippen LogP contribution in [0.3, 0.4) is 0 Å². The SMILES string of the molecule is O=C(Cc1c[nH]c2ccccc12)NCCn1cnc(C2CC2)cc1=O. The van der Waals surface area contributed by atoms with Gasteiger partial charge in [0.2, 0.25) is 5.91 Å². The molecule has 6 nitrogen and oxygen atoms in total. The molecule has 0 aliphatic heterocycles. The minimum atomic E-state index is -0.0552. The molecule has 1 fully saturated rings. The molecule has 2 heterocycles. The molecule has 128 valence electrons. The average Bonchev–Trinajstić information content (AvgIpc) is 3.39. The number of para-hydroxylation sites is 1. The van der Waals surface area contributed by atoms with Crippen LogP contribution in [0.5, 0.6) is 0 Å². The van der Waals surface area contributed by atoms with Crippen LogP contribution in [0, 0.1) is 0 Å². The molecule has 1 amide bonds. The lowest BCUT2D eigenvalue weighted by Crippen LogP contribution is -2.31. The van der Waals surface area contributed by atoms with Gasteiger partial charge in [-0.15, -0.1) is 0 Å². The molecular weight excluding hydrogens is 316 g/mol. The van der Waals surface area contributed by atoms with Crippen LogP contribution in [0.2, 0.25) is 0 Å². The summed E-state index contributed by atoms with van der Waals surface area (Å²) < 4.78 is 1.54. The summed E-state index contributed by atoms with van der Waals surface area (Å²) in [6, 6.07) is 9.53. The van der Waals surface area contributed by atoms with Crippen molar-refractivity contribution < 1.29 is 4.79 Å². The van der Waals surface area contributed by atoms with Gasteiger partial charge < -0.3 is 10.3 Å². The Hall–Kier alpha value is -2.89. The molecule has 3 aromatic rings. The van der Waals surface area contributed by atoms with E-state index in [0.29, 0.717) is 25.4 Å². The first kappa shape index (κ1) is 15.6. The highest BCUT2D eigenvalue weighted by Crippen LogP contribution is 2.38. The highest BCUT2D eigenvalue weighted by atomic mass is 16.1. The van der Waals surface area contributed by atoms with Crippen molar-refractivity contribution in [3.05, 3.63) is 64.5 Å². The average molecular weight is 336 g/mol. The van der Waals surface area contributed by atoms with E-state index < -0.39 is 0 Å². The van der Waals surface area contributed by atoms with Gasteiger partial charge in [-0.1, -0.05) is 18.2 Å². The minimum absolute atomic E-state index is 0.0530. The molecule has 0 radical (unpaired) electrons. The van der Waals surface area contributed by atoms with Crippen LogP contribution < -0.4 is 10.9 Å². The molecular formula is C19H20N4O2. The first-order chi connectivity index (χ1) is 12.2. The van der Waals surface area contributed by atoms with Gasteiger partial charge in [0.1, 0.15) is 0 Å². The smallest absolute Gasteiger partial charge is 0.253 e. The van der Waals surface area contributed by atoms with Crippen molar-refractivity contribution in [3.63, 3.8) is 0 Å². The van der Waals surface area contributed by atoms with E-state index in [1.165, 1.54) is 4.57 Å². The summed E-state index contributed by atoms with van der Waals surface area (Å²) in [6.07, 6.45) is 6.02. The predicted molar refractivity (Wildman–Crippen MR) is 95.5 cm³/mol. The Balaban J connectivity index is 1.32. The Kier molecular flexibility index (Phi) is 4.09. The van der Waals surface area contributed by atoms with Gasteiger partial charge in [-0.3, -0.25) is 14.2 Å². The Morgan fingerprint density at radius 3 is 2.96 bits per heavy atom. The summed E-state index contributed by atoms with van der Waals surface area (Å²) in [5.41, 5.74) is 2.84. The Morgan fingerprint density at radius 1 is 1.32 bits per heavy atom. The molecule has 2 aromatic heterocycles. The van der Waals surface area contributed by atoms with Gasteiger partial charge in [0.25, 0.3) is 5.56 Å². The molecule has 2 N–H and O–H groups in total. The van der Waals surface area contributed by atoms with Crippen molar-refractivity contribution in [2.24, 2.45) is 0 Å². The summed E-state index contributed by atoms with van der Waals surface area (Å²) >= 11 is 0. The summed E-state index contributed by atoms with van der Waals surface area (Å²) in [6.45, 7) is 0.835. The number of aromatic nitrogens is 3. The van der Waals surface area contributed by atoms with Crippen LogP contribution in [-0.4, -0.2) is 27.0 Å². The summed E-state index contributed by atoms with van der Waals surface area (Å²) in [5, 5.41) is 3.93. The quantitative estimate of drug-likeness (QED) is 0.722. The van der Waals surface area contributed by atoms with Gasteiger partial charge in [-0.25, -0.2) is 4.98 Å². The first-order valence-electron chi connectivity index (χ1n) is 8.59. The fraction of sp³-hybridized carbons (Fsp3) is 0.316. The van der Waals surface area contributed by atoms with Crippen LogP contribution >= 0.6 is 0 Å². The van der Waals surface area contributed by atoms with Crippen LogP contribution in [0.1, 0.15) is 30.0 Å². The number of aromatic amines is 1. The number of carbonyl (C=O) groups excluding carboxylic acids is 1. The molecule has 1 saturated carbocycles. The zero-order valence-corrected chi connectivity index (χ0v) is 13.9. The second-order valence-corrected chi connectivity index (χ2v) is 6.51. The Labute approximate surface area is 144 Å². The molecule has 0 atom stereocenters. The number of rotatable bonds is 6. The van der Waals surface area contributed by atoms with E-state index >= 15 is 0 Å². The lowest BCUT2D eigenvalue weighted by molar-refractivity contribution is -0.120. The third-order valence-corrected chi connectivity index (χ3v) is 4.60. The molecule has 25 heavy (non-hydrogen) atoms. The number of benzene rings is 1. The van der Waals surface area contributed by atoms with Crippen molar-refractivity contribution in [3.8, 4) is 0 Å². The maximum Gasteiger partial charge on any atom is 0.253 e. The summed E-state index contributed by atoms with van der Waals surface area (Å²) in [4.78, 5) is 31.7. The molecule has 1 aliphatic carbocycles. The monoisotopic (exact) mass is 336 g/mol. The fourth-order valence-corrected chi connectivity index (χ4v) is 3.04. The molecule has 0 spiro atoms. The summed E-state index contributed by atoms with van der Waals surface area (Å²) in [5.74, 6) is 0.415. The number of hydrogen-bond donors (Lipinski definition) is 2. The number of fused-ring (bicyclic) bond motifs is 1. The van der Waals surface area contributed by atoms with Crippen molar-refractivity contribution in [2.45, 2.75) is 31.7 Å². The van der Waals surface area contributed by atoms with Gasteiger partial charge in [-0.2, -0.15) is 0 Å². The van der Waals surface area contributed by atoms with Gasteiger partial charge >= 0.3 is 0 Å². The van der Waals surface area contributed by atoms with Gasteiger partial charge in [0.15, 0.2) is 0 Å². The number of carbonyl (C=O) groups is 1. The zero-order valence-electron chi connectivity index (χ0n) is 13.9. The molecule has 1 aliphatic rings. The van der Waals surface area contributed by atoms with E-state index in [9.17, 15) is 9.59 Å². The molecule has 0 saturated heterocycles. The van der Waals surface area contributed by atoms with Gasteiger partial charge in [-0.05, 0) is 24.5 Å². The van der Waals surface area contributed by atoms with Crippen molar-refractivity contribution >= 4 is 16.8 Å². The minimum Gasteiger partial charge on any atom is -0.361 e. The molecule has 0 bridgehead atoms. The standard InChI is InChI=1S/C19H20N4O2/c24-18(9-14-11-21-16-4-2-1-3-15(14)16)20-7-8-23-12-22-17(10-19(23)25)13-5-6-13/h1-4,10-13,21H,5-9H2,(H,20,24). The molecule has 1 aromatic carbocycles. The summed E-state index contributed by atoms with van der Waals surface area (Å²) in [7, 11) is 0. The van der Waals surface area contributed by atoms with E-state index in [0.717, 1.165) is 35.0 Å². The number of hydrogen-bond acceptors (Lipinski definition) is 3. The van der Waals surface area contributed by atoms with Gasteiger partial charge in [0.05, 0.1) is 18.4 Å². The van der Waals surface area contributed by atoms with Crippen molar-refractivity contribution in [2.75, 3.05) is 6.54 Å². The maximum atomic E-state index is 12.2. The highest BCUT2D eigenvalue weighted by molar-refractivity contribution is 5.88. The number of amides is 1. The van der Waals surface area contributed by atoms with Crippen LogP contribution in [0.4, 0.5) is 0 Å². The van der Waals surface area contributed by atoms with E-state index in [2.05, 4.69) is 15.3 Å². The second-order valence-electron chi connectivity index (χ2n) is 6.51. The maximum absolute atomic E-state index is 12.2. The van der Waals surface area contributed by atoms with Crippen molar-refractivity contribution in [1.29, 1.82) is 0 Å². The molecule has 4 rings (SSSR count). The molecule has 0 unspecified atom stereocenters. The topological polar surface area (TPSA) is 79.8 Å². The number of nitrogens with zero attached hydrogens (tertiary/aromatic N) is 2. The predicted octanol–water partition coefficient (Wildman–Crippen LogP) is 1.96. The Bertz CT molecular complexity index is 969. The third-order valence-electron chi connectivity index (χ3n) is 4.60. The van der Waals surface area contributed by atoms with E-state index in [-0.39, 0.29) is 11.5 Å². The van der Waals surface area contributed by atoms with Crippen LogP contribution in [0.25, 0.3) is 10.9 Å². The van der Waals surface area contributed by atoms with Crippen molar-refractivity contribution in [1.82, 2.24) is 19.9 Å². The normalized spacial score (nSPS) is 13.9. The van der Waals surface area contributed by atoms with E-state index in [1.807, 2.05) is 30.5 Å². The lowest BCUT2D eigenvalue weighted by atomic mass is 10.1. The van der Waals surface area contributed by atoms with Crippen LogP contribution in [0.15, 0.2) is 47.7 Å². The fourth-order valence-electron chi connectivity index (χ4n) is 3.04. The second kappa shape index (κ2) is 6.55. The molecule has 6 heteroatoms. The highest BCUT2D eigenvalue weighted by Gasteiger charge is 2.25. The first-order valence-corrected chi connectivity index (χ1v) is 8.59. The van der Waals surface area contributed by atoms with E-state index in [4.69, 9.17) is 0 Å². The largest absolute Gasteiger partial charge is 0.361 e. The third kappa shape index (κ3) is 3.47.